The number of para-hydroxylation sites is 1. The van der Waals surface area contributed by atoms with Gasteiger partial charge in [-0.05, 0) is 38.5 Å². The molecule has 1 aromatic carbocycles. The lowest BCUT2D eigenvalue weighted by molar-refractivity contribution is 0.0915. The van der Waals surface area contributed by atoms with E-state index in [1.807, 2.05) is 0 Å². The van der Waals surface area contributed by atoms with Crippen LogP contribution in [0.1, 0.15) is 51.6 Å². The minimum atomic E-state index is -0.159. The van der Waals surface area contributed by atoms with E-state index in [1.165, 1.54) is 30.6 Å². The van der Waals surface area contributed by atoms with Crippen molar-refractivity contribution < 1.29 is 4.74 Å². The standard InChI is InChI=1S/C17H25NOS/c1-4-20-15-11-7-9-13(15)18-16-12-8-5-6-10-14(12)19-17(16,2)3/h5-6,8,10,13,15-16,18H,4,7,9,11H2,1-3H3. The molecule has 0 saturated heterocycles. The van der Waals surface area contributed by atoms with Crippen LogP contribution in [0, 0.1) is 0 Å². The van der Waals surface area contributed by atoms with Gasteiger partial charge in [-0.25, -0.2) is 0 Å². The van der Waals surface area contributed by atoms with Gasteiger partial charge in [0.2, 0.25) is 0 Å². The van der Waals surface area contributed by atoms with Crippen molar-refractivity contribution in [1.82, 2.24) is 5.32 Å². The van der Waals surface area contributed by atoms with Gasteiger partial charge in [0.15, 0.2) is 0 Å². The van der Waals surface area contributed by atoms with Crippen molar-refractivity contribution in [2.45, 2.75) is 63.0 Å². The summed E-state index contributed by atoms with van der Waals surface area (Å²) in [6.45, 7) is 6.65. The first-order chi connectivity index (χ1) is 9.62. The second kappa shape index (κ2) is 5.61. The molecule has 1 saturated carbocycles. The number of hydrogen-bond donors (Lipinski definition) is 1. The fraction of sp³-hybridized carbons (Fsp3) is 0.647. The van der Waals surface area contributed by atoms with Gasteiger partial charge in [-0.15, -0.1) is 0 Å². The molecule has 1 N–H and O–H groups in total. The van der Waals surface area contributed by atoms with Crippen LogP contribution in [-0.2, 0) is 0 Å². The SMILES string of the molecule is CCSC1CCCC1NC1c2ccccc2OC1(C)C. The van der Waals surface area contributed by atoms with Crippen LogP contribution >= 0.6 is 11.8 Å². The average Bonchev–Trinajstić information content (AvgIpc) is 2.94. The molecular weight excluding hydrogens is 266 g/mol. The van der Waals surface area contributed by atoms with Gasteiger partial charge in [-0.3, -0.25) is 0 Å². The third-order valence-corrected chi connectivity index (χ3v) is 5.84. The normalized spacial score (nSPS) is 31.1. The van der Waals surface area contributed by atoms with Crippen molar-refractivity contribution in [3.8, 4) is 5.75 Å². The summed E-state index contributed by atoms with van der Waals surface area (Å²) >= 11 is 2.11. The highest BCUT2D eigenvalue weighted by Crippen LogP contribution is 2.44. The zero-order valence-corrected chi connectivity index (χ0v) is 13.5. The second-order valence-corrected chi connectivity index (χ2v) is 7.89. The highest BCUT2D eigenvalue weighted by Gasteiger charge is 2.43. The molecule has 3 unspecified atom stereocenters. The Morgan fingerprint density at radius 2 is 2.10 bits per heavy atom. The maximum Gasteiger partial charge on any atom is 0.125 e. The maximum atomic E-state index is 6.14. The molecule has 2 nitrogen and oxygen atoms in total. The second-order valence-electron chi connectivity index (χ2n) is 6.37. The van der Waals surface area contributed by atoms with Crippen LogP contribution in [0.4, 0.5) is 0 Å². The molecular formula is C17H25NOS. The Labute approximate surface area is 126 Å². The lowest BCUT2D eigenvalue weighted by Gasteiger charge is -2.32. The van der Waals surface area contributed by atoms with Crippen LogP contribution in [-0.4, -0.2) is 22.6 Å². The number of thioether (sulfide) groups is 1. The fourth-order valence-electron chi connectivity index (χ4n) is 3.56. The number of benzene rings is 1. The van der Waals surface area contributed by atoms with E-state index in [9.17, 15) is 0 Å². The highest BCUT2D eigenvalue weighted by atomic mass is 32.2. The van der Waals surface area contributed by atoms with E-state index in [-0.39, 0.29) is 5.60 Å². The van der Waals surface area contributed by atoms with E-state index in [1.54, 1.807) is 0 Å². The van der Waals surface area contributed by atoms with Crippen molar-refractivity contribution >= 4 is 11.8 Å². The molecule has 3 heteroatoms. The van der Waals surface area contributed by atoms with Crippen molar-refractivity contribution in [1.29, 1.82) is 0 Å². The molecule has 110 valence electrons. The number of nitrogens with one attached hydrogen (secondary N) is 1. The molecule has 3 atom stereocenters. The van der Waals surface area contributed by atoms with Gasteiger partial charge in [0.05, 0.1) is 6.04 Å². The zero-order chi connectivity index (χ0) is 14.2. The summed E-state index contributed by atoms with van der Waals surface area (Å²) in [6, 6.07) is 9.40. The minimum Gasteiger partial charge on any atom is -0.486 e. The molecule has 0 radical (unpaired) electrons. The van der Waals surface area contributed by atoms with Gasteiger partial charge in [-0.1, -0.05) is 31.5 Å². The summed E-state index contributed by atoms with van der Waals surface area (Å²) in [6.07, 6.45) is 4.00. The summed E-state index contributed by atoms with van der Waals surface area (Å²) in [5.74, 6) is 2.26. The molecule has 0 spiro atoms. The monoisotopic (exact) mass is 291 g/mol. The Bertz CT molecular complexity index is 474. The molecule has 1 aliphatic heterocycles. The van der Waals surface area contributed by atoms with E-state index in [4.69, 9.17) is 4.74 Å². The molecule has 1 aliphatic carbocycles. The lowest BCUT2D eigenvalue weighted by atomic mass is 9.93. The highest BCUT2D eigenvalue weighted by molar-refractivity contribution is 7.99. The van der Waals surface area contributed by atoms with Crippen LogP contribution in [0.2, 0.25) is 0 Å². The Balaban J connectivity index is 1.79. The molecule has 1 aromatic rings. The smallest absolute Gasteiger partial charge is 0.125 e. The van der Waals surface area contributed by atoms with Crippen molar-refractivity contribution in [3.05, 3.63) is 29.8 Å². The zero-order valence-electron chi connectivity index (χ0n) is 12.7. The van der Waals surface area contributed by atoms with Crippen molar-refractivity contribution in [2.75, 3.05) is 5.75 Å². The summed E-state index contributed by atoms with van der Waals surface area (Å²) in [5, 5.41) is 4.68. The first kappa shape index (κ1) is 14.3. The summed E-state index contributed by atoms with van der Waals surface area (Å²) in [4.78, 5) is 0. The van der Waals surface area contributed by atoms with Gasteiger partial charge in [0.25, 0.3) is 0 Å². The van der Waals surface area contributed by atoms with Crippen LogP contribution in [0.25, 0.3) is 0 Å². The molecule has 0 amide bonds. The van der Waals surface area contributed by atoms with E-state index in [0.717, 1.165) is 11.0 Å². The average molecular weight is 291 g/mol. The van der Waals surface area contributed by atoms with Gasteiger partial charge in [0, 0.05) is 16.9 Å². The molecule has 1 heterocycles. The van der Waals surface area contributed by atoms with Gasteiger partial charge < -0.3 is 10.1 Å². The van der Waals surface area contributed by atoms with E-state index in [0.29, 0.717) is 12.1 Å². The van der Waals surface area contributed by atoms with E-state index < -0.39 is 0 Å². The molecule has 2 aliphatic rings. The van der Waals surface area contributed by atoms with Crippen LogP contribution in [0.5, 0.6) is 5.75 Å². The quantitative estimate of drug-likeness (QED) is 0.900. The van der Waals surface area contributed by atoms with Crippen LogP contribution < -0.4 is 10.1 Å². The lowest BCUT2D eigenvalue weighted by Crippen LogP contribution is -2.45. The minimum absolute atomic E-state index is 0.159. The summed E-state index contributed by atoms with van der Waals surface area (Å²) in [7, 11) is 0. The van der Waals surface area contributed by atoms with E-state index in [2.05, 4.69) is 62.1 Å². The van der Waals surface area contributed by atoms with E-state index >= 15 is 0 Å². The van der Waals surface area contributed by atoms with Crippen molar-refractivity contribution in [3.63, 3.8) is 0 Å². The van der Waals surface area contributed by atoms with Crippen LogP contribution in [0.15, 0.2) is 24.3 Å². The largest absolute Gasteiger partial charge is 0.486 e. The topological polar surface area (TPSA) is 21.3 Å². The Hall–Kier alpha value is -0.670. The predicted molar refractivity (Wildman–Crippen MR) is 86.6 cm³/mol. The molecule has 20 heavy (non-hydrogen) atoms. The third-order valence-electron chi connectivity index (χ3n) is 4.51. The Morgan fingerprint density at radius 3 is 2.90 bits per heavy atom. The third kappa shape index (κ3) is 2.58. The number of rotatable bonds is 4. The summed E-state index contributed by atoms with van der Waals surface area (Å²) < 4.78 is 6.14. The number of hydrogen-bond acceptors (Lipinski definition) is 3. The first-order valence-corrected chi connectivity index (χ1v) is 8.82. The predicted octanol–water partition coefficient (Wildman–Crippen LogP) is 4.16. The number of fused-ring (bicyclic) bond motifs is 1. The van der Waals surface area contributed by atoms with Gasteiger partial charge >= 0.3 is 0 Å². The fourth-order valence-corrected chi connectivity index (χ4v) is 4.77. The molecule has 3 rings (SSSR count). The van der Waals surface area contributed by atoms with Gasteiger partial charge in [-0.2, -0.15) is 11.8 Å². The van der Waals surface area contributed by atoms with Crippen molar-refractivity contribution in [2.24, 2.45) is 0 Å². The van der Waals surface area contributed by atoms with Crippen LogP contribution in [0.3, 0.4) is 0 Å². The Morgan fingerprint density at radius 1 is 1.30 bits per heavy atom. The molecule has 0 bridgehead atoms. The number of ether oxygens (including phenoxy) is 1. The molecule has 0 aromatic heterocycles. The van der Waals surface area contributed by atoms with Gasteiger partial charge in [0.1, 0.15) is 11.4 Å². The first-order valence-electron chi connectivity index (χ1n) is 7.77. The Kier molecular flexibility index (Phi) is 4.00. The summed E-state index contributed by atoms with van der Waals surface area (Å²) in [5.41, 5.74) is 1.16. The molecule has 1 fully saturated rings. The maximum absolute atomic E-state index is 6.14.